The van der Waals surface area contributed by atoms with Gasteiger partial charge in [-0.1, -0.05) is 17.7 Å². The summed E-state index contributed by atoms with van der Waals surface area (Å²) in [5, 5.41) is 8.74. The number of carboxylic acid groups (broad SMARTS) is 1. The normalized spacial score (nSPS) is 15.1. The second-order valence-electron chi connectivity index (χ2n) is 4.09. The van der Waals surface area contributed by atoms with Crippen LogP contribution in [0.25, 0.3) is 0 Å². The van der Waals surface area contributed by atoms with Crippen LogP contribution in [-0.2, 0) is 4.79 Å². The van der Waals surface area contributed by atoms with Gasteiger partial charge in [-0.15, -0.1) is 6.58 Å². The third-order valence-corrected chi connectivity index (χ3v) is 2.65. The highest BCUT2D eigenvalue weighted by atomic mass is 16.4. The van der Waals surface area contributed by atoms with Gasteiger partial charge in [0.05, 0.1) is 0 Å². The average Bonchev–Trinajstić information content (AvgIpc) is 2.28. The fourth-order valence-corrected chi connectivity index (χ4v) is 1.67. The smallest absolute Gasteiger partial charge is 0.323 e. The van der Waals surface area contributed by atoms with Gasteiger partial charge in [0.1, 0.15) is 6.54 Å². The van der Waals surface area contributed by atoms with E-state index in [1.807, 2.05) is 13.0 Å². The van der Waals surface area contributed by atoms with Gasteiger partial charge >= 0.3 is 12.0 Å². The number of amides is 2. The van der Waals surface area contributed by atoms with Crippen molar-refractivity contribution >= 4 is 12.0 Å². The molecule has 5 nitrogen and oxygen atoms in total. The van der Waals surface area contributed by atoms with Gasteiger partial charge in [-0.2, -0.15) is 0 Å². The van der Waals surface area contributed by atoms with Crippen molar-refractivity contribution in [2.24, 2.45) is 0 Å². The molecule has 0 saturated carbocycles. The maximum Gasteiger partial charge on any atom is 0.323 e. The monoisotopic (exact) mass is 238 g/mol. The molecule has 0 aromatic rings. The van der Waals surface area contributed by atoms with Crippen LogP contribution in [0.1, 0.15) is 13.3 Å². The predicted molar refractivity (Wildman–Crippen MR) is 64.7 cm³/mol. The first-order valence-electron chi connectivity index (χ1n) is 5.56. The number of carbonyl (C=O) groups excluding carboxylic acids is 1. The Kier molecular flexibility index (Phi) is 4.75. The SMILES string of the molecule is C=CCN(CC(=O)O)C(=O)N1CC=C(C)CC1. The summed E-state index contributed by atoms with van der Waals surface area (Å²) >= 11 is 0. The third kappa shape index (κ3) is 3.94. The van der Waals surface area contributed by atoms with E-state index in [2.05, 4.69) is 6.58 Å². The molecule has 1 heterocycles. The molecule has 1 rings (SSSR count). The quantitative estimate of drug-likeness (QED) is 0.752. The average molecular weight is 238 g/mol. The summed E-state index contributed by atoms with van der Waals surface area (Å²) in [6.45, 7) is 6.73. The lowest BCUT2D eigenvalue weighted by Gasteiger charge is -2.30. The minimum absolute atomic E-state index is 0.240. The van der Waals surface area contributed by atoms with E-state index in [1.54, 1.807) is 4.90 Å². The number of rotatable bonds is 4. The molecule has 0 bridgehead atoms. The van der Waals surface area contributed by atoms with Gasteiger partial charge in [0, 0.05) is 19.6 Å². The molecule has 0 unspecified atom stereocenters. The van der Waals surface area contributed by atoms with Gasteiger partial charge in [0.25, 0.3) is 0 Å². The molecule has 0 radical (unpaired) electrons. The fourth-order valence-electron chi connectivity index (χ4n) is 1.67. The van der Waals surface area contributed by atoms with Crippen molar-refractivity contribution in [3.05, 3.63) is 24.3 Å². The highest BCUT2D eigenvalue weighted by molar-refractivity contribution is 5.80. The molecule has 0 spiro atoms. The lowest BCUT2D eigenvalue weighted by atomic mass is 10.1. The molecule has 0 fully saturated rings. The second-order valence-corrected chi connectivity index (χ2v) is 4.09. The predicted octanol–water partition coefficient (Wildman–Crippen LogP) is 1.33. The molecule has 0 aromatic carbocycles. The second kappa shape index (κ2) is 6.08. The molecular formula is C12H18N2O3. The number of carbonyl (C=O) groups is 2. The van der Waals surface area contributed by atoms with E-state index in [0.717, 1.165) is 6.42 Å². The first-order valence-corrected chi connectivity index (χ1v) is 5.56. The van der Waals surface area contributed by atoms with Gasteiger partial charge < -0.3 is 14.9 Å². The van der Waals surface area contributed by atoms with Crippen molar-refractivity contribution in [3.63, 3.8) is 0 Å². The Balaban J connectivity index is 2.64. The molecule has 0 aliphatic carbocycles. The molecule has 17 heavy (non-hydrogen) atoms. The molecule has 94 valence electrons. The number of carboxylic acids is 1. The number of nitrogens with zero attached hydrogens (tertiary/aromatic N) is 2. The largest absolute Gasteiger partial charge is 0.480 e. The minimum Gasteiger partial charge on any atom is -0.480 e. The number of hydrogen-bond acceptors (Lipinski definition) is 2. The Hall–Kier alpha value is -1.78. The number of aliphatic carboxylic acids is 1. The van der Waals surface area contributed by atoms with E-state index in [4.69, 9.17) is 5.11 Å². The van der Waals surface area contributed by atoms with E-state index in [9.17, 15) is 9.59 Å². The standard InChI is InChI=1S/C12H18N2O3/c1-3-6-14(9-11(15)16)12(17)13-7-4-10(2)5-8-13/h3-4H,1,5-9H2,2H3,(H,15,16). The number of hydrogen-bond donors (Lipinski definition) is 1. The van der Waals surface area contributed by atoms with Crippen molar-refractivity contribution in [2.75, 3.05) is 26.2 Å². The zero-order valence-corrected chi connectivity index (χ0v) is 10.1. The fraction of sp³-hybridized carbons (Fsp3) is 0.500. The summed E-state index contributed by atoms with van der Waals surface area (Å²) in [7, 11) is 0. The van der Waals surface area contributed by atoms with Crippen molar-refractivity contribution in [1.82, 2.24) is 9.80 Å². The van der Waals surface area contributed by atoms with Gasteiger partial charge in [-0.25, -0.2) is 4.79 Å². The van der Waals surface area contributed by atoms with E-state index >= 15 is 0 Å². The highest BCUT2D eigenvalue weighted by Gasteiger charge is 2.22. The van der Waals surface area contributed by atoms with Crippen LogP contribution in [0.5, 0.6) is 0 Å². The lowest BCUT2D eigenvalue weighted by molar-refractivity contribution is -0.137. The molecule has 5 heteroatoms. The number of urea groups is 1. The molecule has 0 saturated heterocycles. The maximum atomic E-state index is 12.0. The van der Waals surface area contributed by atoms with E-state index in [-0.39, 0.29) is 19.1 Å². The van der Waals surface area contributed by atoms with Gasteiger partial charge in [0.2, 0.25) is 0 Å². The molecule has 1 aliphatic rings. The van der Waals surface area contributed by atoms with Gasteiger partial charge in [-0.05, 0) is 13.3 Å². The minimum atomic E-state index is -1.01. The van der Waals surface area contributed by atoms with E-state index in [1.165, 1.54) is 16.5 Å². The molecule has 1 aliphatic heterocycles. The van der Waals surface area contributed by atoms with Crippen LogP contribution in [0, 0.1) is 0 Å². The summed E-state index contributed by atoms with van der Waals surface area (Å²) in [6.07, 6.45) is 4.38. The van der Waals surface area contributed by atoms with Crippen LogP contribution in [-0.4, -0.2) is 53.1 Å². The lowest BCUT2D eigenvalue weighted by Crippen LogP contribution is -2.46. The van der Waals surface area contributed by atoms with Crippen molar-refractivity contribution < 1.29 is 14.7 Å². The van der Waals surface area contributed by atoms with Crippen LogP contribution < -0.4 is 0 Å². The summed E-state index contributed by atoms with van der Waals surface area (Å²) < 4.78 is 0. The summed E-state index contributed by atoms with van der Waals surface area (Å²) in [5.74, 6) is -1.01. The zero-order valence-electron chi connectivity index (χ0n) is 10.1. The van der Waals surface area contributed by atoms with Crippen molar-refractivity contribution in [2.45, 2.75) is 13.3 Å². The van der Waals surface area contributed by atoms with Gasteiger partial charge in [0.15, 0.2) is 0 Å². The Bertz CT molecular complexity index is 350. The van der Waals surface area contributed by atoms with Gasteiger partial charge in [-0.3, -0.25) is 4.79 Å². The topological polar surface area (TPSA) is 60.9 Å². The summed E-state index contributed by atoms with van der Waals surface area (Å²) in [4.78, 5) is 25.6. The van der Waals surface area contributed by atoms with E-state index in [0.29, 0.717) is 13.1 Å². The molecular weight excluding hydrogens is 220 g/mol. The van der Waals surface area contributed by atoms with Crippen LogP contribution in [0.15, 0.2) is 24.3 Å². The first-order chi connectivity index (χ1) is 8.04. The van der Waals surface area contributed by atoms with Crippen LogP contribution in [0.4, 0.5) is 4.79 Å². The van der Waals surface area contributed by atoms with E-state index < -0.39 is 5.97 Å². The first kappa shape index (κ1) is 13.3. The Labute approximate surface area is 101 Å². The maximum absolute atomic E-state index is 12.0. The Morgan fingerprint density at radius 2 is 2.35 bits per heavy atom. The molecule has 2 amide bonds. The van der Waals surface area contributed by atoms with Crippen LogP contribution in [0.2, 0.25) is 0 Å². The van der Waals surface area contributed by atoms with Crippen molar-refractivity contribution in [3.8, 4) is 0 Å². The Morgan fingerprint density at radius 1 is 1.65 bits per heavy atom. The zero-order chi connectivity index (χ0) is 12.8. The van der Waals surface area contributed by atoms with Crippen molar-refractivity contribution in [1.29, 1.82) is 0 Å². The third-order valence-electron chi connectivity index (χ3n) is 2.65. The molecule has 1 N–H and O–H groups in total. The molecule has 0 atom stereocenters. The van der Waals surface area contributed by atoms with Crippen LogP contribution >= 0.6 is 0 Å². The highest BCUT2D eigenvalue weighted by Crippen LogP contribution is 2.11. The Morgan fingerprint density at radius 3 is 2.82 bits per heavy atom. The molecule has 0 aromatic heterocycles. The van der Waals surface area contributed by atoms with Crippen LogP contribution in [0.3, 0.4) is 0 Å². The summed E-state index contributed by atoms with van der Waals surface area (Å²) in [6, 6.07) is -0.240. The summed E-state index contributed by atoms with van der Waals surface area (Å²) in [5.41, 5.74) is 1.27.